The Morgan fingerprint density at radius 1 is 0.643 bits per heavy atom. The molecule has 0 heterocycles. The van der Waals surface area contributed by atoms with Gasteiger partial charge in [-0.1, -0.05) is 92.5 Å². The summed E-state index contributed by atoms with van der Waals surface area (Å²) >= 11 is 7.19. The maximum Gasteiger partial charge on any atom is 0.0998 e. The SMILES string of the molecule is N#CC(=Cc1cc(Br)c(C=C(C#N)c2ccccc2)cc1Br)c1ccccc1. The second-order valence-corrected chi connectivity index (χ2v) is 7.68. The van der Waals surface area contributed by atoms with Crippen molar-refractivity contribution in [3.05, 3.63) is 104 Å². The minimum atomic E-state index is 0.582. The standard InChI is InChI=1S/C24H14Br2N2/c25-23-14-20(12-22(16-28)18-9-5-2-6-10-18)24(26)13-19(23)11-21(15-27)17-7-3-1-4-8-17/h1-14H. The molecule has 3 aromatic carbocycles. The van der Waals surface area contributed by atoms with Crippen LogP contribution in [0.15, 0.2) is 81.7 Å². The normalized spacial score (nSPS) is 11.6. The van der Waals surface area contributed by atoms with Crippen molar-refractivity contribution in [2.24, 2.45) is 0 Å². The van der Waals surface area contributed by atoms with Gasteiger partial charge in [-0.2, -0.15) is 10.5 Å². The van der Waals surface area contributed by atoms with Crippen molar-refractivity contribution in [1.82, 2.24) is 0 Å². The van der Waals surface area contributed by atoms with Gasteiger partial charge in [0.1, 0.15) is 0 Å². The summed E-state index contributed by atoms with van der Waals surface area (Å²) in [6, 6.07) is 27.5. The van der Waals surface area contributed by atoms with Crippen molar-refractivity contribution >= 4 is 55.2 Å². The van der Waals surface area contributed by atoms with Gasteiger partial charge in [0.15, 0.2) is 0 Å². The molecule has 0 fully saturated rings. The first kappa shape index (κ1) is 19.8. The third kappa shape index (κ3) is 4.67. The monoisotopic (exact) mass is 488 g/mol. The molecule has 0 aliphatic heterocycles. The number of allylic oxidation sites excluding steroid dienone is 2. The molecule has 0 aromatic heterocycles. The van der Waals surface area contributed by atoms with Crippen molar-refractivity contribution in [3.63, 3.8) is 0 Å². The molecule has 0 spiro atoms. The second-order valence-electron chi connectivity index (χ2n) is 5.97. The van der Waals surface area contributed by atoms with E-state index >= 15 is 0 Å². The lowest BCUT2D eigenvalue weighted by Crippen LogP contribution is -1.87. The predicted molar refractivity (Wildman–Crippen MR) is 122 cm³/mol. The van der Waals surface area contributed by atoms with E-state index in [4.69, 9.17) is 0 Å². The molecule has 0 radical (unpaired) electrons. The summed E-state index contributed by atoms with van der Waals surface area (Å²) in [5.41, 5.74) is 4.66. The Morgan fingerprint density at radius 2 is 1.00 bits per heavy atom. The van der Waals surface area contributed by atoms with Gasteiger partial charge in [-0.15, -0.1) is 0 Å². The molecule has 4 heteroatoms. The minimum absolute atomic E-state index is 0.582. The first-order valence-electron chi connectivity index (χ1n) is 8.46. The molecule has 3 rings (SSSR count). The summed E-state index contributed by atoms with van der Waals surface area (Å²) in [6.07, 6.45) is 3.69. The lowest BCUT2D eigenvalue weighted by atomic mass is 10.0. The highest BCUT2D eigenvalue weighted by molar-refractivity contribution is 9.11. The molecular weight excluding hydrogens is 476 g/mol. The van der Waals surface area contributed by atoms with Crippen molar-refractivity contribution in [2.75, 3.05) is 0 Å². The fourth-order valence-electron chi connectivity index (χ4n) is 2.71. The van der Waals surface area contributed by atoms with E-state index in [1.54, 1.807) is 0 Å². The molecule has 2 nitrogen and oxygen atoms in total. The van der Waals surface area contributed by atoms with E-state index < -0.39 is 0 Å². The summed E-state index contributed by atoms with van der Waals surface area (Å²) in [5.74, 6) is 0. The van der Waals surface area contributed by atoms with Gasteiger partial charge < -0.3 is 0 Å². The largest absolute Gasteiger partial charge is 0.192 e. The maximum atomic E-state index is 9.54. The summed E-state index contributed by atoms with van der Waals surface area (Å²) in [7, 11) is 0. The Morgan fingerprint density at radius 3 is 1.32 bits per heavy atom. The highest BCUT2D eigenvalue weighted by Crippen LogP contribution is 2.31. The molecule has 0 atom stereocenters. The molecule has 0 aliphatic carbocycles. The van der Waals surface area contributed by atoms with Crippen molar-refractivity contribution in [1.29, 1.82) is 10.5 Å². The van der Waals surface area contributed by atoms with Gasteiger partial charge >= 0.3 is 0 Å². The predicted octanol–water partition coefficient (Wildman–Crippen LogP) is 7.34. The van der Waals surface area contributed by atoms with Crippen LogP contribution in [0.3, 0.4) is 0 Å². The van der Waals surface area contributed by atoms with Crippen LogP contribution in [0.4, 0.5) is 0 Å². The molecule has 0 saturated carbocycles. The third-order valence-corrected chi connectivity index (χ3v) is 5.50. The van der Waals surface area contributed by atoms with Crippen LogP contribution in [0.25, 0.3) is 23.3 Å². The van der Waals surface area contributed by atoms with Crippen molar-refractivity contribution < 1.29 is 0 Å². The van der Waals surface area contributed by atoms with Crippen LogP contribution >= 0.6 is 31.9 Å². The fourth-order valence-corrected chi connectivity index (χ4v) is 3.66. The number of halogens is 2. The van der Waals surface area contributed by atoms with E-state index in [9.17, 15) is 10.5 Å². The zero-order chi connectivity index (χ0) is 19.9. The van der Waals surface area contributed by atoms with E-state index in [0.29, 0.717) is 11.1 Å². The van der Waals surface area contributed by atoms with Gasteiger partial charge in [0.2, 0.25) is 0 Å². The number of nitrogens with zero attached hydrogens (tertiary/aromatic N) is 2. The van der Waals surface area contributed by atoms with Gasteiger partial charge in [0, 0.05) is 8.95 Å². The Labute approximate surface area is 181 Å². The quantitative estimate of drug-likeness (QED) is 0.284. The van der Waals surface area contributed by atoms with Gasteiger partial charge in [-0.25, -0.2) is 0 Å². The second kappa shape index (κ2) is 9.33. The molecule has 0 N–H and O–H groups in total. The first-order chi connectivity index (χ1) is 13.6. The van der Waals surface area contributed by atoms with E-state index in [1.807, 2.05) is 84.9 Å². The summed E-state index contributed by atoms with van der Waals surface area (Å²) < 4.78 is 1.69. The Bertz CT molecular complexity index is 1040. The number of rotatable bonds is 4. The molecule has 0 bridgehead atoms. The molecule has 0 saturated heterocycles. The molecule has 28 heavy (non-hydrogen) atoms. The topological polar surface area (TPSA) is 47.6 Å². The van der Waals surface area contributed by atoms with Gasteiger partial charge in [-0.3, -0.25) is 0 Å². The zero-order valence-corrected chi connectivity index (χ0v) is 17.9. The molecule has 134 valence electrons. The fraction of sp³-hybridized carbons (Fsp3) is 0. The van der Waals surface area contributed by atoms with Crippen LogP contribution in [-0.4, -0.2) is 0 Å². The van der Waals surface area contributed by atoms with E-state index in [-0.39, 0.29) is 0 Å². The number of nitriles is 2. The van der Waals surface area contributed by atoms with Crippen LogP contribution in [-0.2, 0) is 0 Å². The number of benzene rings is 3. The molecule has 0 aliphatic rings. The van der Waals surface area contributed by atoms with E-state index in [0.717, 1.165) is 31.2 Å². The highest BCUT2D eigenvalue weighted by Gasteiger charge is 2.08. The van der Waals surface area contributed by atoms with E-state index in [2.05, 4.69) is 44.0 Å². The highest BCUT2D eigenvalue weighted by atomic mass is 79.9. The summed E-state index contributed by atoms with van der Waals surface area (Å²) in [6.45, 7) is 0. The van der Waals surface area contributed by atoms with Crippen LogP contribution in [0.1, 0.15) is 22.3 Å². The van der Waals surface area contributed by atoms with Crippen LogP contribution in [0, 0.1) is 22.7 Å². The minimum Gasteiger partial charge on any atom is -0.192 e. The Balaban J connectivity index is 2.02. The average molecular weight is 490 g/mol. The lowest BCUT2D eigenvalue weighted by Gasteiger charge is -2.07. The van der Waals surface area contributed by atoms with Crippen molar-refractivity contribution in [3.8, 4) is 12.1 Å². The Kier molecular flexibility index (Phi) is 6.61. The van der Waals surface area contributed by atoms with Crippen LogP contribution < -0.4 is 0 Å². The summed E-state index contributed by atoms with van der Waals surface area (Å²) in [4.78, 5) is 0. The molecule has 3 aromatic rings. The number of hydrogen-bond acceptors (Lipinski definition) is 2. The average Bonchev–Trinajstić information content (AvgIpc) is 2.74. The van der Waals surface area contributed by atoms with E-state index in [1.165, 1.54) is 0 Å². The van der Waals surface area contributed by atoms with Gasteiger partial charge in [-0.05, 0) is 46.5 Å². The first-order valence-corrected chi connectivity index (χ1v) is 10.0. The van der Waals surface area contributed by atoms with Gasteiger partial charge in [0.25, 0.3) is 0 Å². The van der Waals surface area contributed by atoms with Gasteiger partial charge in [0.05, 0.1) is 23.3 Å². The Hall–Kier alpha value is -2.92. The smallest absolute Gasteiger partial charge is 0.0998 e. The number of hydrogen-bond donors (Lipinski definition) is 0. The zero-order valence-electron chi connectivity index (χ0n) is 14.7. The van der Waals surface area contributed by atoms with Crippen LogP contribution in [0.5, 0.6) is 0 Å². The third-order valence-electron chi connectivity index (χ3n) is 4.13. The summed E-state index contributed by atoms with van der Waals surface area (Å²) in [5, 5.41) is 19.1. The maximum absolute atomic E-state index is 9.54. The van der Waals surface area contributed by atoms with Crippen molar-refractivity contribution in [2.45, 2.75) is 0 Å². The lowest BCUT2D eigenvalue weighted by molar-refractivity contribution is 1.50. The molecule has 0 unspecified atom stereocenters. The molecular formula is C24H14Br2N2. The van der Waals surface area contributed by atoms with Crippen LogP contribution in [0.2, 0.25) is 0 Å². The molecule has 0 amide bonds.